The predicted molar refractivity (Wildman–Crippen MR) is 153 cm³/mol. The van der Waals surface area contributed by atoms with Gasteiger partial charge in [-0.15, -0.1) is 0 Å². The summed E-state index contributed by atoms with van der Waals surface area (Å²) >= 11 is 0. The number of hydrogen-bond donors (Lipinski definition) is 3. The standard InChI is InChI=1S/C30H38N2O7S/c1-4-18-32(40(36,37)25-14-12-24(38-2)13-15-25)21-28(34)26(19-22-8-6-5-7-9-22)31-30(35)17-11-23-10-16-27(33)29(20-23)39-3/h5-10,12-16,20,26,28,33-34H,4,11,17-19,21H2,1-3H3,(H,31,35)/t26-,28+/m0/s1. The minimum Gasteiger partial charge on any atom is -0.504 e. The zero-order valence-electron chi connectivity index (χ0n) is 23.1. The molecular weight excluding hydrogens is 532 g/mol. The van der Waals surface area contributed by atoms with Crippen LogP contribution in [0.15, 0.2) is 77.7 Å². The molecule has 9 nitrogen and oxygen atoms in total. The maximum atomic E-state index is 13.5. The molecule has 0 unspecified atom stereocenters. The molecule has 3 N–H and O–H groups in total. The van der Waals surface area contributed by atoms with Gasteiger partial charge in [0.15, 0.2) is 11.5 Å². The minimum atomic E-state index is -3.90. The Hall–Kier alpha value is -3.60. The summed E-state index contributed by atoms with van der Waals surface area (Å²) in [5.41, 5.74) is 1.71. The van der Waals surface area contributed by atoms with E-state index in [1.165, 1.54) is 36.7 Å². The molecule has 0 aliphatic rings. The van der Waals surface area contributed by atoms with Crippen LogP contribution in [-0.2, 0) is 27.7 Å². The van der Waals surface area contributed by atoms with Crippen LogP contribution in [0.1, 0.15) is 30.9 Å². The number of hydrogen-bond acceptors (Lipinski definition) is 7. The van der Waals surface area contributed by atoms with E-state index in [0.717, 1.165) is 11.1 Å². The Morgan fingerprint density at radius 3 is 2.30 bits per heavy atom. The SMILES string of the molecule is CCCN(C[C@@H](O)[C@H](Cc1ccccc1)NC(=O)CCc1ccc(O)c(OC)c1)S(=O)(=O)c1ccc(OC)cc1. The molecule has 0 fully saturated rings. The highest BCUT2D eigenvalue weighted by atomic mass is 32.2. The van der Waals surface area contributed by atoms with E-state index in [-0.39, 0.29) is 36.1 Å². The molecule has 0 saturated carbocycles. The Morgan fingerprint density at radius 2 is 1.68 bits per heavy atom. The number of benzene rings is 3. The fraction of sp³-hybridized carbons (Fsp3) is 0.367. The molecule has 10 heteroatoms. The van der Waals surface area contributed by atoms with E-state index < -0.39 is 22.2 Å². The third-order valence-corrected chi connectivity index (χ3v) is 8.43. The van der Waals surface area contributed by atoms with Gasteiger partial charge in [-0.25, -0.2) is 8.42 Å². The summed E-state index contributed by atoms with van der Waals surface area (Å²) in [4.78, 5) is 13.1. The number of rotatable bonds is 15. The molecule has 0 aliphatic heterocycles. The summed E-state index contributed by atoms with van der Waals surface area (Å²) < 4.78 is 38.4. The lowest BCUT2D eigenvalue weighted by Crippen LogP contribution is -2.50. The van der Waals surface area contributed by atoms with Crippen molar-refractivity contribution in [3.8, 4) is 17.2 Å². The number of nitrogens with one attached hydrogen (secondary N) is 1. The van der Waals surface area contributed by atoms with Crippen molar-refractivity contribution in [2.75, 3.05) is 27.3 Å². The number of sulfonamides is 1. The zero-order chi connectivity index (χ0) is 29.1. The van der Waals surface area contributed by atoms with Crippen LogP contribution in [0, 0.1) is 0 Å². The maximum absolute atomic E-state index is 13.5. The molecule has 0 radical (unpaired) electrons. The Bertz CT molecular complexity index is 1330. The van der Waals surface area contributed by atoms with Crippen LogP contribution >= 0.6 is 0 Å². The average Bonchev–Trinajstić information content (AvgIpc) is 2.96. The number of methoxy groups -OCH3 is 2. The molecule has 3 aromatic carbocycles. The molecule has 3 rings (SSSR count). The summed E-state index contributed by atoms with van der Waals surface area (Å²) in [5, 5.41) is 24.0. The molecule has 216 valence electrons. The second kappa shape index (κ2) is 14.7. The number of ether oxygens (including phenoxy) is 2. The monoisotopic (exact) mass is 570 g/mol. The van der Waals surface area contributed by atoms with E-state index in [1.54, 1.807) is 24.3 Å². The van der Waals surface area contributed by atoms with Crippen LogP contribution in [0.5, 0.6) is 17.2 Å². The lowest BCUT2D eigenvalue weighted by atomic mass is 10.0. The number of aryl methyl sites for hydroxylation is 1. The second-order valence-electron chi connectivity index (χ2n) is 9.48. The summed E-state index contributed by atoms with van der Waals surface area (Å²) in [5.74, 6) is 0.594. The van der Waals surface area contributed by atoms with Gasteiger partial charge < -0.3 is 25.0 Å². The molecule has 0 bridgehead atoms. The Morgan fingerprint density at radius 1 is 0.975 bits per heavy atom. The van der Waals surface area contributed by atoms with Gasteiger partial charge in [0, 0.05) is 19.5 Å². The van der Waals surface area contributed by atoms with Crippen LogP contribution in [-0.4, -0.2) is 68.3 Å². The van der Waals surface area contributed by atoms with Gasteiger partial charge in [-0.05, 0) is 66.8 Å². The molecule has 0 spiro atoms. The highest BCUT2D eigenvalue weighted by Gasteiger charge is 2.30. The zero-order valence-corrected chi connectivity index (χ0v) is 23.9. The number of carbonyl (C=O) groups is 1. The maximum Gasteiger partial charge on any atom is 0.243 e. The third-order valence-electron chi connectivity index (χ3n) is 6.56. The highest BCUT2D eigenvalue weighted by Crippen LogP contribution is 2.27. The van der Waals surface area contributed by atoms with Gasteiger partial charge in [0.1, 0.15) is 5.75 Å². The van der Waals surface area contributed by atoms with Crippen molar-refractivity contribution >= 4 is 15.9 Å². The molecule has 3 aromatic rings. The lowest BCUT2D eigenvalue weighted by molar-refractivity contribution is -0.122. The number of phenols is 1. The largest absolute Gasteiger partial charge is 0.504 e. The highest BCUT2D eigenvalue weighted by molar-refractivity contribution is 7.89. The molecule has 1 amide bonds. The number of nitrogens with zero attached hydrogens (tertiary/aromatic N) is 1. The topological polar surface area (TPSA) is 125 Å². The van der Waals surface area contributed by atoms with Crippen molar-refractivity contribution in [2.24, 2.45) is 0 Å². The van der Waals surface area contributed by atoms with Crippen molar-refractivity contribution in [1.82, 2.24) is 9.62 Å². The third kappa shape index (κ3) is 8.45. The Labute approximate surface area is 236 Å². The van der Waals surface area contributed by atoms with E-state index >= 15 is 0 Å². The van der Waals surface area contributed by atoms with E-state index in [4.69, 9.17) is 9.47 Å². The predicted octanol–water partition coefficient (Wildman–Crippen LogP) is 3.53. The van der Waals surface area contributed by atoms with Gasteiger partial charge in [-0.1, -0.05) is 43.3 Å². The molecule has 0 saturated heterocycles. The van der Waals surface area contributed by atoms with Crippen molar-refractivity contribution in [3.63, 3.8) is 0 Å². The molecule has 2 atom stereocenters. The fourth-order valence-corrected chi connectivity index (χ4v) is 5.91. The van der Waals surface area contributed by atoms with Crippen LogP contribution < -0.4 is 14.8 Å². The second-order valence-corrected chi connectivity index (χ2v) is 11.4. The summed E-state index contributed by atoms with van der Waals surface area (Å²) in [6.07, 6.45) is 0.230. The number of carbonyl (C=O) groups excluding carboxylic acids is 1. The molecule has 40 heavy (non-hydrogen) atoms. The number of amides is 1. The quantitative estimate of drug-likeness (QED) is 0.255. The van der Waals surface area contributed by atoms with Crippen molar-refractivity contribution in [2.45, 2.75) is 49.6 Å². The normalized spacial score (nSPS) is 13.0. The van der Waals surface area contributed by atoms with Crippen LogP contribution in [0.4, 0.5) is 0 Å². The first kappa shape index (κ1) is 30.9. The minimum absolute atomic E-state index is 0.0166. The average molecular weight is 571 g/mol. The van der Waals surface area contributed by atoms with E-state index in [9.17, 15) is 23.4 Å². The fourth-order valence-electron chi connectivity index (χ4n) is 4.36. The first-order chi connectivity index (χ1) is 19.2. The first-order valence-corrected chi connectivity index (χ1v) is 14.6. The van der Waals surface area contributed by atoms with Crippen molar-refractivity contribution in [1.29, 1.82) is 0 Å². The Balaban J connectivity index is 1.76. The molecular formula is C30H38N2O7S. The number of phenolic OH excluding ortho intramolecular Hbond substituents is 1. The number of aliphatic hydroxyl groups excluding tert-OH is 1. The van der Waals surface area contributed by atoms with Crippen LogP contribution in [0.3, 0.4) is 0 Å². The van der Waals surface area contributed by atoms with Crippen molar-refractivity contribution in [3.05, 3.63) is 83.9 Å². The van der Waals surface area contributed by atoms with Gasteiger partial charge in [0.05, 0.1) is 31.3 Å². The summed E-state index contributed by atoms with van der Waals surface area (Å²) in [6, 6.07) is 19.7. The Kier molecular flexibility index (Phi) is 11.4. The van der Waals surface area contributed by atoms with Gasteiger partial charge in [0.25, 0.3) is 0 Å². The van der Waals surface area contributed by atoms with Crippen molar-refractivity contribution < 1.29 is 32.9 Å². The van der Waals surface area contributed by atoms with Gasteiger partial charge in [-0.2, -0.15) is 4.31 Å². The first-order valence-electron chi connectivity index (χ1n) is 13.2. The van der Waals surface area contributed by atoms with E-state index in [1.807, 2.05) is 37.3 Å². The molecule has 0 aromatic heterocycles. The summed E-state index contributed by atoms with van der Waals surface area (Å²) in [7, 11) is -0.940. The number of aromatic hydroxyl groups is 1. The number of aliphatic hydroxyl groups is 1. The molecule has 0 heterocycles. The van der Waals surface area contributed by atoms with Crippen LogP contribution in [0.2, 0.25) is 0 Å². The van der Waals surface area contributed by atoms with E-state index in [2.05, 4.69) is 5.32 Å². The molecule has 0 aliphatic carbocycles. The smallest absolute Gasteiger partial charge is 0.243 e. The van der Waals surface area contributed by atoms with Crippen LogP contribution in [0.25, 0.3) is 0 Å². The van der Waals surface area contributed by atoms with Gasteiger partial charge >= 0.3 is 0 Å². The van der Waals surface area contributed by atoms with Gasteiger partial charge in [-0.3, -0.25) is 4.79 Å². The lowest BCUT2D eigenvalue weighted by Gasteiger charge is -2.30. The van der Waals surface area contributed by atoms with Gasteiger partial charge in [0.2, 0.25) is 15.9 Å². The van der Waals surface area contributed by atoms with E-state index in [0.29, 0.717) is 30.8 Å². The summed E-state index contributed by atoms with van der Waals surface area (Å²) in [6.45, 7) is 1.89.